The van der Waals surface area contributed by atoms with Crippen LogP contribution in [0.5, 0.6) is 0 Å². The van der Waals surface area contributed by atoms with Crippen molar-refractivity contribution in [3.63, 3.8) is 0 Å². The van der Waals surface area contributed by atoms with Crippen LogP contribution in [0.4, 0.5) is 0 Å². The van der Waals surface area contributed by atoms with Gasteiger partial charge < -0.3 is 10.1 Å². The Bertz CT molecular complexity index is 352. The highest BCUT2D eigenvalue weighted by Gasteiger charge is 2.25. The zero-order chi connectivity index (χ0) is 14.0. The maximum absolute atomic E-state index is 5.64. The van der Waals surface area contributed by atoms with Crippen LogP contribution in [0.1, 0.15) is 56.9 Å². The van der Waals surface area contributed by atoms with Gasteiger partial charge in [0.1, 0.15) is 0 Å². The normalized spacial score (nSPS) is 22.9. The molecule has 1 N–H and O–H groups in total. The average molecular weight is 275 g/mol. The summed E-state index contributed by atoms with van der Waals surface area (Å²) in [5.74, 6) is 0.681. The van der Waals surface area contributed by atoms with Crippen molar-refractivity contribution in [2.75, 3.05) is 19.8 Å². The Morgan fingerprint density at radius 3 is 2.70 bits per heavy atom. The minimum absolute atomic E-state index is 0.626. The molecule has 2 atom stereocenters. The van der Waals surface area contributed by atoms with Crippen LogP contribution in [0.15, 0.2) is 30.3 Å². The van der Waals surface area contributed by atoms with Crippen LogP contribution in [0, 0.1) is 0 Å². The predicted molar refractivity (Wildman–Crippen MR) is 85.2 cm³/mol. The van der Waals surface area contributed by atoms with Crippen LogP contribution in [0.3, 0.4) is 0 Å². The first kappa shape index (κ1) is 15.5. The molecule has 20 heavy (non-hydrogen) atoms. The van der Waals surface area contributed by atoms with Gasteiger partial charge in [0, 0.05) is 19.2 Å². The molecular formula is C18H29NO. The first-order valence-electron chi connectivity index (χ1n) is 8.28. The van der Waals surface area contributed by atoms with Crippen LogP contribution in [0.25, 0.3) is 0 Å². The summed E-state index contributed by atoms with van der Waals surface area (Å²) in [6, 6.07) is 11.6. The minimum atomic E-state index is 0.626. The molecule has 0 spiro atoms. The monoisotopic (exact) mass is 275 g/mol. The van der Waals surface area contributed by atoms with Crippen LogP contribution in [0.2, 0.25) is 0 Å². The fraction of sp³-hybridized carbons (Fsp3) is 0.667. The fourth-order valence-electron chi connectivity index (χ4n) is 3.14. The van der Waals surface area contributed by atoms with Crippen LogP contribution >= 0.6 is 0 Å². The van der Waals surface area contributed by atoms with E-state index in [-0.39, 0.29) is 0 Å². The van der Waals surface area contributed by atoms with E-state index in [4.69, 9.17) is 4.74 Å². The first-order valence-corrected chi connectivity index (χ1v) is 8.28. The number of nitrogens with one attached hydrogen (secondary N) is 1. The van der Waals surface area contributed by atoms with Gasteiger partial charge in [-0.2, -0.15) is 0 Å². The fourth-order valence-corrected chi connectivity index (χ4v) is 3.14. The molecule has 1 aliphatic rings. The van der Waals surface area contributed by atoms with Crippen molar-refractivity contribution in [2.24, 2.45) is 0 Å². The van der Waals surface area contributed by atoms with Gasteiger partial charge in [-0.05, 0) is 30.7 Å². The highest BCUT2D eigenvalue weighted by atomic mass is 16.5. The highest BCUT2D eigenvalue weighted by molar-refractivity contribution is 5.21. The molecule has 0 heterocycles. The Hall–Kier alpha value is -0.860. The Labute approximate surface area is 123 Å². The quantitative estimate of drug-likeness (QED) is 0.721. The molecule has 1 aliphatic carbocycles. The Morgan fingerprint density at radius 2 is 1.90 bits per heavy atom. The van der Waals surface area contributed by atoms with Gasteiger partial charge in [0.15, 0.2) is 0 Å². The van der Waals surface area contributed by atoms with E-state index < -0.39 is 0 Å². The van der Waals surface area contributed by atoms with E-state index >= 15 is 0 Å². The van der Waals surface area contributed by atoms with Gasteiger partial charge in [0.2, 0.25) is 0 Å². The molecule has 0 bridgehead atoms. The molecule has 1 aromatic carbocycles. The third kappa shape index (κ3) is 4.92. The maximum Gasteiger partial charge on any atom is 0.0591 e. The van der Waals surface area contributed by atoms with Gasteiger partial charge in [0.05, 0.1) is 6.61 Å². The molecule has 0 amide bonds. The minimum Gasteiger partial charge on any atom is -0.380 e. The van der Waals surface area contributed by atoms with Gasteiger partial charge in [-0.3, -0.25) is 0 Å². The topological polar surface area (TPSA) is 21.3 Å². The molecular weight excluding hydrogens is 246 g/mol. The number of unbranched alkanes of at least 4 members (excludes halogenated alkanes) is 1. The van der Waals surface area contributed by atoms with Gasteiger partial charge in [-0.1, -0.05) is 56.5 Å². The van der Waals surface area contributed by atoms with Crippen molar-refractivity contribution in [3.05, 3.63) is 35.9 Å². The Balaban J connectivity index is 1.76. The van der Waals surface area contributed by atoms with E-state index in [9.17, 15) is 0 Å². The summed E-state index contributed by atoms with van der Waals surface area (Å²) in [5.41, 5.74) is 1.50. The summed E-state index contributed by atoms with van der Waals surface area (Å²) < 4.78 is 5.64. The van der Waals surface area contributed by atoms with E-state index in [0.717, 1.165) is 19.8 Å². The molecule has 0 aromatic heterocycles. The summed E-state index contributed by atoms with van der Waals surface area (Å²) >= 11 is 0. The van der Waals surface area contributed by atoms with Crippen molar-refractivity contribution >= 4 is 0 Å². The van der Waals surface area contributed by atoms with Crippen molar-refractivity contribution in [1.82, 2.24) is 5.32 Å². The Morgan fingerprint density at radius 1 is 1.10 bits per heavy atom. The maximum atomic E-state index is 5.64. The number of benzene rings is 1. The SMILES string of the molecule is CCCCOCCNC1CCCCC1c1ccccc1. The summed E-state index contributed by atoms with van der Waals surface area (Å²) in [6.45, 7) is 4.94. The molecule has 2 nitrogen and oxygen atoms in total. The molecule has 1 saturated carbocycles. The van der Waals surface area contributed by atoms with E-state index in [1.165, 1.54) is 44.1 Å². The molecule has 2 heteroatoms. The lowest BCUT2D eigenvalue weighted by molar-refractivity contribution is 0.128. The standard InChI is InChI=1S/C18H29NO/c1-2-3-14-20-15-13-19-18-12-8-7-11-17(18)16-9-5-4-6-10-16/h4-6,9-10,17-19H,2-3,7-8,11-15H2,1H3. The lowest BCUT2D eigenvalue weighted by atomic mass is 9.80. The largest absolute Gasteiger partial charge is 0.380 e. The second-order valence-corrected chi connectivity index (χ2v) is 5.83. The third-order valence-electron chi connectivity index (χ3n) is 4.29. The van der Waals surface area contributed by atoms with Gasteiger partial charge >= 0.3 is 0 Å². The molecule has 2 unspecified atom stereocenters. The molecule has 0 saturated heterocycles. The summed E-state index contributed by atoms with van der Waals surface area (Å²) in [7, 11) is 0. The molecule has 112 valence electrons. The zero-order valence-electron chi connectivity index (χ0n) is 12.8. The lowest BCUT2D eigenvalue weighted by Gasteiger charge is -2.32. The van der Waals surface area contributed by atoms with Gasteiger partial charge in [-0.15, -0.1) is 0 Å². The van der Waals surface area contributed by atoms with Crippen molar-refractivity contribution in [3.8, 4) is 0 Å². The number of rotatable bonds is 8. The summed E-state index contributed by atoms with van der Waals surface area (Å²) in [6.07, 6.45) is 7.73. The molecule has 0 aliphatic heterocycles. The van der Waals surface area contributed by atoms with Crippen molar-refractivity contribution < 1.29 is 4.74 Å². The highest BCUT2D eigenvalue weighted by Crippen LogP contribution is 2.32. The predicted octanol–water partition coefficient (Wildman–Crippen LogP) is 4.12. The van der Waals surface area contributed by atoms with E-state index in [2.05, 4.69) is 42.6 Å². The van der Waals surface area contributed by atoms with Crippen LogP contribution in [-0.4, -0.2) is 25.8 Å². The molecule has 0 radical (unpaired) electrons. The van der Waals surface area contributed by atoms with E-state index in [1.807, 2.05) is 0 Å². The number of hydrogen-bond acceptors (Lipinski definition) is 2. The van der Waals surface area contributed by atoms with Crippen molar-refractivity contribution in [1.29, 1.82) is 0 Å². The number of hydrogen-bond donors (Lipinski definition) is 1. The summed E-state index contributed by atoms with van der Waals surface area (Å²) in [5, 5.41) is 3.72. The van der Waals surface area contributed by atoms with E-state index in [1.54, 1.807) is 0 Å². The smallest absolute Gasteiger partial charge is 0.0591 e. The zero-order valence-corrected chi connectivity index (χ0v) is 12.8. The van der Waals surface area contributed by atoms with E-state index in [0.29, 0.717) is 12.0 Å². The molecule has 2 rings (SSSR count). The number of ether oxygens (including phenoxy) is 1. The molecule has 1 fully saturated rings. The first-order chi connectivity index (χ1) is 9.92. The second-order valence-electron chi connectivity index (χ2n) is 5.83. The van der Waals surface area contributed by atoms with Gasteiger partial charge in [0.25, 0.3) is 0 Å². The molecule has 1 aromatic rings. The summed E-state index contributed by atoms with van der Waals surface area (Å²) in [4.78, 5) is 0. The van der Waals surface area contributed by atoms with Crippen LogP contribution < -0.4 is 5.32 Å². The Kier molecular flexibility index (Phi) is 7.10. The van der Waals surface area contributed by atoms with Gasteiger partial charge in [-0.25, -0.2) is 0 Å². The van der Waals surface area contributed by atoms with Crippen molar-refractivity contribution in [2.45, 2.75) is 57.4 Å². The third-order valence-corrected chi connectivity index (χ3v) is 4.29. The average Bonchev–Trinajstić information content (AvgIpc) is 2.52. The lowest BCUT2D eigenvalue weighted by Crippen LogP contribution is -2.39. The second kappa shape index (κ2) is 9.15. The van der Waals surface area contributed by atoms with Crippen LogP contribution in [-0.2, 0) is 4.74 Å².